The minimum atomic E-state index is -0.294. The Balaban J connectivity index is 2.95. The molecule has 1 aromatic carbocycles. The molecule has 0 heterocycles. The normalized spacial score (nSPS) is 12.6. The quantitative estimate of drug-likeness (QED) is 0.835. The highest BCUT2D eigenvalue weighted by molar-refractivity contribution is 5.42. The molecular formula is C15H24O2. The molecule has 1 aromatic rings. The van der Waals surface area contributed by atoms with Crippen molar-refractivity contribution < 1.29 is 9.84 Å². The molecule has 0 saturated carbocycles. The Bertz CT molecular complexity index is 381. The maximum absolute atomic E-state index is 9.77. The van der Waals surface area contributed by atoms with Gasteiger partial charge in [-0.15, -0.1) is 0 Å². The van der Waals surface area contributed by atoms with Gasteiger partial charge in [0, 0.05) is 0 Å². The first-order valence-corrected chi connectivity index (χ1v) is 6.08. The minimum absolute atomic E-state index is 0.206. The number of aromatic hydroxyl groups is 1. The van der Waals surface area contributed by atoms with E-state index in [4.69, 9.17) is 4.74 Å². The van der Waals surface area contributed by atoms with Crippen molar-refractivity contribution in [2.45, 2.75) is 53.6 Å². The molecular weight excluding hydrogens is 212 g/mol. The lowest BCUT2D eigenvalue weighted by Crippen LogP contribution is -2.23. The lowest BCUT2D eigenvalue weighted by Gasteiger charge is -2.23. The molecule has 2 heteroatoms. The number of hydrogen-bond donors (Lipinski definition) is 1. The van der Waals surface area contributed by atoms with Gasteiger partial charge in [-0.2, -0.15) is 0 Å². The first-order chi connectivity index (χ1) is 7.57. The Morgan fingerprint density at radius 2 is 1.65 bits per heavy atom. The van der Waals surface area contributed by atoms with E-state index < -0.39 is 0 Å². The molecule has 0 amide bonds. The van der Waals surface area contributed by atoms with Crippen LogP contribution in [0.3, 0.4) is 0 Å². The highest BCUT2D eigenvalue weighted by Gasteiger charge is 2.17. The first-order valence-electron chi connectivity index (χ1n) is 6.08. The van der Waals surface area contributed by atoms with E-state index in [1.54, 1.807) is 6.07 Å². The Kier molecular flexibility index (Phi) is 3.75. The van der Waals surface area contributed by atoms with Crippen LogP contribution in [0.2, 0.25) is 0 Å². The van der Waals surface area contributed by atoms with Gasteiger partial charge in [0.2, 0.25) is 0 Å². The van der Waals surface area contributed by atoms with Crippen molar-refractivity contribution >= 4 is 0 Å². The van der Waals surface area contributed by atoms with E-state index in [0.29, 0.717) is 5.75 Å². The molecule has 0 aliphatic rings. The molecule has 0 radical (unpaired) electrons. The Morgan fingerprint density at radius 3 is 2.12 bits per heavy atom. The lowest BCUT2D eigenvalue weighted by atomic mass is 9.88. The van der Waals surface area contributed by atoms with Crippen LogP contribution >= 0.6 is 0 Å². The third kappa shape index (κ3) is 5.12. The lowest BCUT2D eigenvalue weighted by molar-refractivity contribution is 0.125. The van der Waals surface area contributed by atoms with Gasteiger partial charge in [0.15, 0.2) is 11.5 Å². The van der Waals surface area contributed by atoms with Gasteiger partial charge in [-0.25, -0.2) is 0 Å². The van der Waals surface area contributed by atoms with Crippen LogP contribution in [0, 0.1) is 5.41 Å². The van der Waals surface area contributed by atoms with E-state index in [0.717, 1.165) is 6.42 Å². The number of benzene rings is 1. The van der Waals surface area contributed by atoms with E-state index in [-0.39, 0.29) is 16.8 Å². The highest BCUT2D eigenvalue weighted by Crippen LogP contribution is 2.32. The van der Waals surface area contributed by atoms with Crippen LogP contribution in [-0.2, 0) is 6.42 Å². The van der Waals surface area contributed by atoms with Gasteiger partial charge in [-0.1, -0.05) is 26.8 Å². The van der Waals surface area contributed by atoms with E-state index in [2.05, 4.69) is 20.8 Å². The molecule has 0 fully saturated rings. The Labute approximate surface area is 105 Å². The fraction of sp³-hybridized carbons (Fsp3) is 0.600. The molecule has 0 aliphatic carbocycles. The van der Waals surface area contributed by atoms with Crippen LogP contribution in [0.5, 0.6) is 11.5 Å². The van der Waals surface area contributed by atoms with Crippen molar-refractivity contribution in [1.82, 2.24) is 0 Å². The van der Waals surface area contributed by atoms with Crippen LogP contribution in [-0.4, -0.2) is 10.7 Å². The molecule has 1 N–H and O–H groups in total. The van der Waals surface area contributed by atoms with Gasteiger partial charge in [0.25, 0.3) is 0 Å². The van der Waals surface area contributed by atoms with Crippen LogP contribution < -0.4 is 4.74 Å². The van der Waals surface area contributed by atoms with Gasteiger partial charge < -0.3 is 9.84 Å². The third-order valence-corrected chi connectivity index (χ3v) is 2.17. The summed E-state index contributed by atoms with van der Waals surface area (Å²) in [5, 5.41) is 9.77. The van der Waals surface area contributed by atoms with E-state index in [1.807, 2.05) is 32.9 Å². The summed E-state index contributed by atoms with van der Waals surface area (Å²) in [7, 11) is 0. The second-order valence-electron chi connectivity index (χ2n) is 6.75. The van der Waals surface area contributed by atoms with Crippen molar-refractivity contribution in [3.05, 3.63) is 23.8 Å². The Morgan fingerprint density at radius 1 is 1.06 bits per heavy atom. The number of ether oxygens (including phenoxy) is 1. The monoisotopic (exact) mass is 236 g/mol. The number of rotatable bonds is 2. The molecule has 0 bridgehead atoms. The first kappa shape index (κ1) is 13.9. The number of phenolic OH excluding ortho intramolecular Hbond substituents is 1. The van der Waals surface area contributed by atoms with E-state index in [9.17, 15) is 5.11 Å². The zero-order valence-corrected chi connectivity index (χ0v) is 11.8. The largest absolute Gasteiger partial charge is 0.504 e. The maximum atomic E-state index is 9.77. The molecule has 1 rings (SSSR count). The van der Waals surface area contributed by atoms with E-state index >= 15 is 0 Å². The summed E-state index contributed by atoms with van der Waals surface area (Å²) in [6, 6.07) is 5.60. The molecule has 0 saturated heterocycles. The molecule has 17 heavy (non-hydrogen) atoms. The standard InChI is InChI=1S/C15H24O2/c1-14(2,3)10-11-7-8-12(16)13(9-11)17-15(4,5)6/h7-9,16H,10H2,1-6H3. The summed E-state index contributed by atoms with van der Waals surface area (Å²) in [6.45, 7) is 12.5. The van der Waals surface area contributed by atoms with Crippen molar-refractivity contribution in [3.8, 4) is 11.5 Å². The average Bonchev–Trinajstić information content (AvgIpc) is 2.05. The zero-order valence-electron chi connectivity index (χ0n) is 11.8. The second-order valence-corrected chi connectivity index (χ2v) is 6.75. The summed E-state index contributed by atoms with van der Waals surface area (Å²) < 4.78 is 5.74. The van der Waals surface area contributed by atoms with E-state index in [1.165, 1.54) is 5.56 Å². The maximum Gasteiger partial charge on any atom is 0.161 e. The Hall–Kier alpha value is -1.18. The van der Waals surface area contributed by atoms with Gasteiger partial charge in [-0.3, -0.25) is 0 Å². The van der Waals surface area contributed by atoms with Gasteiger partial charge >= 0.3 is 0 Å². The van der Waals surface area contributed by atoms with Crippen molar-refractivity contribution in [2.75, 3.05) is 0 Å². The minimum Gasteiger partial charge on any atom is -0.504 e. The van der Waals surface area contributed by atoms with Gasteiger partial charge in [-0.05, 0) is 50.3 Å². The average molecular weight is 236 g/mol. The second kappa shape index (κ2) is 4.59. The van der Waals surface area contributed by atoms with Crippen molar-refractivity contribution in [3.63, 3.8) is 0 Å². The molecule has 0 aliphatic heterocycles. The van der Waals surface area contributed by atoms with Gasteiger partial charge in [0.05, 0.1) is 0 Å². The summed E-state index contributed by atoms with van der Waals surface area (Å²) in [6.07, 6.45) is 0.966. The van der Waals surface area contributed by atoms with Crippen molar-refractivity contribution in [2.24, 2.45) is 5.41 Å². The SMILES string of the molecule is CC(C)(C)Cc1ccc(O)c(OC(C)(C)C)c1. The molecule has 96 valence electrons. The molecule has 2 nitrogen and oxygen atoms in total. The summed E-state index contributed by atoms with van der Waals surface area (Å²) in [5.74, 6) is 0.775. The van der Waals surface area contributed by atoms with Crippen LogP contribution in [0.4, 0.5) is 0 Å². The predicted molar refractivity (Wildman–Crippen MR) is 71.6 cm³/mol. The molecule has 0 aromatic heterocycles. The van der Waals surface area contributed by atoms with Gasteiger partial charge in [0.1, 0.15) is 5.60 Å². The topological polar surface area (TPSA) is 29.5 Å². The fourth-order valence-corrected chi connectivity index (χ4v) is 1.69. The highest BCUT2D eigenvalue weighted by atomic mass is 16.5. The van der Waals surface area contributed by atoms with Crippen LogP contribution in [0.15, 0.2) is 18.2 Å². The zero-order chi connectivity index (χ0) is 13.3. The molecule has 0 spiro atoms. The third-order valence-electron chi connectivity index (χ3n) is 2.17. The number of phenols is 1. The summed E-state index contributed by atoms with van der Waals surface area (Å²) in [5.41, 5.74) is 1.13. The molecule has 0 unspecified atom stereocenters. The predicted octanol–water partition coefficient (Wildman–Crippen LogP) is 4.16. The summed E-state index contributed by atoms with van der Waals surface area (Å²) >= 11 is 0. The van der Waals surface area contributed by atoms with Crippen LogP contribution in [0.25, 0.3) is 0 Å². The fourth-order valence-electron chi connectivity index (χ4n) is 1.69. The summed E-state index contributed by atoms with van der Waals surface area (Å²) in [4.78, 5) is 0. The molecule has 0 atom stereocenters. The van der Waals surface area contributed by atoms with Crippen LogP contribution in [0.1, 0.15) is 47.1 Å². The number of hydrogen-bond acceptors (Lipinski definition) is 2. The smallest absolute Gasteiger partial charge is 0.161 e. The van der Waals surface area contributed by atoms with Crippen molar-refractivity contribution in [1.29, 1.82) is 0 Å².